The summed E-state index contributed by atoms with van der Waals surface area (Å²) in [6.07, 6.45) is 1.39. The van der Waals surface area contributed by atoms with E-state index in [4.69, 9.17) is 9.47 Å². The molecule has 1 fully saturated rings. The molecule has 1 saturated heterocycles. The molecule has 1 amide bonds. The molecule has 7 heteroatoms. The number of carbonyl (C=O) groups excluding carboxylic acids is 2. The number of amides is 1. The number of hydrogen-bond acceptors (Lipinski definition) is 5. The maximum Gasteiger partial charge on any atom is 0.328 e. The number of carbonyl (C=O) groups is 2. The van der Waals surface area contributed by atoms with Gasteiger partial charge in [0.2, 0.25) is 0 Å². The highest BCUT2D eigenvalue weighted by Crippen LogP contribution is 2.26. The third-order valence-corrected chi connectivity index (χ3v) is 4.85. The molecule has 0 saturated carbocycles. The van der Waals surface area contributed by atoms with Crippen molar-refractivity contribution in [3.63, 3.8) is 0 Å². The summed E-state index contributed by atoms with van der Waals surface area (Å²) in [6, 6.07) is 8.56. The van der Waals surface area contributed by atoms with Gasteiger partial charge in [-0.25, -0.2) is 4.79 Å². The molecule has 0 spiro atoms. The Bertz CT molecular complexity index is 846. The summed E-state index contributed by atoms with van der Waals surface area (Å²) in [7, 11) is 0. The molecule has 0 radical (unpaired) electrons. The monoisotopic (exact) mass is 385 g/mol. The van der Waals surface area contributed by atoms with Crippen molar-refractivity contribution in [2.75, 3.05) is 19.8 Å². The second kappa shape index (κ2) is 8.91. The molecular formula is C21H27N3O4. The van der Waals surface area contributed by atoms with E-state index in [2.05, 4.69) is 5.10 Å². The lowest BCUT2D eigenvalue weighted by Crippen LogP contribution is -2.41. The number of aromatic nitrogens is 2. The van der Waals surface area contributed by atoms with Crippen molar-refractivity contribution in [1.29, 1.82) is 0 Å². The zero-order valence-corrected chi connectivity index (χ0v) is 16.7. The average molecular weight is 385 g/mol. The zero-order valence-electron chi connectivity index (χ0n) is 16.7. The number of benzene rings is 1. The minimum absolute atomic E-state index is 0.193. The fourth-order valence-corrected chi connectivity index (χ4v) is 3.56. The molecule has 1 aromatic heterocycles. The molecule has 7 nitrogen and oxygen atoms in total. The van der Waals surface area contributed by atoms with E-state index >= 15 is 0 Å². The Kier molecular flexibility index (Phi) is 6.34. The van der Waals surface area contributed by atoms with Crippen LogP contribution in [0.25, 0.3) is 0 Å². The van der Waals surface area contributed by atoms with Gasteiger partial charge in [-0.15, -0.1) is 0 Å². The number of rotatable bonds is 7. The van der Waals surface area contributed by atoms with Crippen LogP contribution < -0.4 is 4.74 Å². The second-order valence-electron chi connectivity index (χ2n) is 6.90. The van der Waals surface area contributed by atoms with E-state index in [1.54, 1.807) is 23.1 Å². The predicted octanol–water partition coefficient (Wildman–Crippen LogP) is 2.75. The summed E-state index contributed by atoms with van der Waals surface area (Å²) in [6.45, 7) is 7.51. The highest BCUT2D eigenvalue weighted by molar-refractivity contribution is 5.99. The summed E-state index contributed by atoms with van der Waals surface area (Å²) in [4.78, 5) is 27.2. The van der Waals surface area contributed by atoms with E-state index in [-0.39, 0.29) is 18.5 Å². The van der Waals surface area contributed by atoms with Crippen molar-refractivity contribution >= 4 is 11.9 Å². The Morgan fingerprint density at radius 2 is 2.04 bits per heavy atom. The van der Waals surface area contributed by atoms with Crippen LogP contribution in [0.15, 0.2) is 30.3 Å². The van der Waals surface area contributed by atoms with Crippen LogP contribution in [0, 0.1) is 13.8 Å². The van der Waals surface area contributed by atoms with Crippen LogP contribution in [-0.2, 0) is 16.1 Å². The van der Waals surface area contributed by atoms with Crippen molar-refractivity contribution in [1.82, 2.24) is 14.7 Å². The predicted molar refractivity (Wildman–Crippen MR) is 104 cm³/mol. The molecule has 2 heterocycles. The second-order valence-corrected chi connectivity index (χ2v) is 6.90. The normalized spacial score (nSPS) is 16.2. The smallest absolute Gasteiger partial charge is 0.328 e. The molecular weight excluding hydrogens is 358 g/mol. The fourth-order valence-electron chi connectivity index (χ4n) is 3.56. The highest BCUT2D eigenvalue weighted by Gasteiger charge is 2.36. The molecule has 3 rings (SSSR count). The first kappa shape index (κ1) is 19.9. The molecule has 28 heavy (non-hydrogen) atoms. The van der Waals surface area contributed by atoms with Gasteiger partial charge in [0, 0.05) is 12.2 Å². The summed E-state index contributed by atoms with van der Waals surface area (Å²) in [5, 5.41) is 4.36. The quantitative estimate of drug-likeness (QED) is 0.685. The Morgan fingerprint density at radius 3 is 2.75 bits per heavy atom. The van der Waals surface area contributed by atoms with Crippen molar-refractivity contribution < 1.29 is 19.1 Å². The summed E-state index contributed by atoms with van der Waals surface area (Å²) >= 11 is 0. The Labute approximate surface area is 165 Å². The first-order chi connectivity index (χ1) is 13.5. The first-order valence-electron chi connectivity index (χ1n) is 9.71. The van der Waals surface area contributed by atoms with E-state index in [1.165, 1.54) is 0 Å². The van der Waals surface area contributed by atoms with Gasteiger partial charge in [0.05, 0.1) is 24.4 Å². The van der Waals surface area contributed by atoms with Crippen LogP contribution in [0.3, 0.4) is 0 Å². The van der Waals surface area contributed by atoms with Crippen LogP contribution in [-0.4, -0.2) is 52.4 Å². The Balaban J connectivity index is 1.63. The molecule has 2 aromatic rings. The van der Waals surface area contributed by atoms with Gasteiger partial charge in [0.25, 0.3) is 5.91 Å². The number of nitrogens with zero attached hydrogens (tertiary/aromatic N) is 3. The lowest BCUT2D eigenvalue weighted by molar-refractivity contribution is -0.148. The maximum atomic E-state index is 13.0. The average Bonchev–Trinajstić information content (AvgIpc) is 3.28. The van der Waals surface area contributed by atoms with Gasteiger partial charge in [0.1, 0.15) is 18.4 Å². The maximum absolute atomic E-state index is 13.0. The van der Waals surface area contributed by atoms with Gasteiger partial charge < -0.3 is 14.4 Å². The fraction of sp³-hybridized carbons (Fsp3) is 0.476. The van der Waals surface area contributed by atoms with E-state index in [0.717, 1.165) is 17.8 Å². The molecule has 1 aromatic carbocycles. The van der Waals surface area contributed by atoms with Gasteiger partial charge >= 0.3 is 5.97 Å². The molecule has 0 N–H and O–H groups in total. The van der Waals surface area contributed by atoms with E-state index in [9.17, 15) is 9.59 Å². The Hall–Kier alpha value is -2.83. The van der Waals surface area contributed by atoms with Crippen molar-refractivity contribution in [3.05, 3.63) is 47.3 Å². The Morgan fingerprint density at radius 1 is 1.25 bits per heavy atom. The lowest BCUT2D eigenvalue weighted by Gasteiger charge is -2.24. The number of aryl methyl sites for hydroxylation is 2. The first-order valence-corrected chi connectivity index (χ1v) is 9.71. The zero-order chi connectivity index (χ0) is 20.1. The van der Waals surface area contributed by atoms with Crippen molar-refractivity contribution in [2.45, 2.75) is 46.2 Å². The molecule has 0 aliphatic carbocycles. The lowest BCUT2D eigenvalue weighted by atomic mass is 10.1. The van der Waals surface area contributed by atoms with Gasteiger partial charge in [-0.2, -0.15) is 5.10 Å². The number of likely N-dealkylation sites (tertiary alicyclic amines) is 1. The highest BCUT2D eigenvalue weighted by atomic mass is 16.5. The molecule has 1 aliphatic rings. The van der Waals surface area contributed by atoms with Gasteiger partial charge in [-0.05, 0) is 51.8 Å². The van der Waals surface area contributed by atoms with Crippen LogP contribution in [0.5, 0.6) is 5.75 Å². The minimum Gasteiger partial charge on any atom is -0.493 e. The van der Waals surface area contributed by atoms with Crippen LogP contribution >= 0.6 is 0 Å². The molecule has 0 bridgehead atoms. The molecule has 1 atom stereocenters. The molecule has 0 unspecified atom stereocenters. The van der Waals surface area contributed by atoms with Crippen LogP contribution in [0.2, 0.25) is 0 Å². The number of esters is 1. The summed E-state index contributed by atoms with van der Waals surface area (Å²) in [5.41, 5.74) is 2.44. The standard InChI is InChI=1S/C21H27N3O4/c1-4-27-19-10-6-5-8-17(19)20(25)23-11-7-9-18(23)21(26)28-13-12-24-16(3)14-15(2)22-24/h5-6,8,10,14,18H,4,7,9,11-13H2,1-3H3/t18-/m1/s1. The topological polar surface area (TPSA) is 73.7 Å². The third-order valence-electron chi connectivity index (χ3n) is 4.85. The van der Waals surface area contributed by atoms with Crippen molar-refractivity contribution in [2.24, 2.45) is 0 Å². The van der Waals surface area contributed by atoms with E-state index in [0.29, 0.717) is 37.4 Å². The van der Waals surface area contributed by atoms with E-state index < -0.39 is 6.04 Å². The summed E-state index contributed by atoms with van der Waals surface area (Å²) in [5.74, 6) is -0.0122. The largest absolute Gasteiger partial charge is 0.493 e. The van der Waals surface area contributed by atoms with Gasteiger partial charge in [0.15, 0.2) is 0 Å². The minimum atomic E-state index is -0.553. The number of para-hydroxylation sites is 1. The van der Waals surface area contributed by atoms with Crippen LogP contribution in [0.1, 0.15) is 41.5 Å². The van der Waals surface area contributed by atoms with Gasteiger partial charge in [-0.3, -0.25) is 9.48 Å². The number of ether oxygens (including phenoxy) is 2. The van der Waals surface area contributed by atoms with Crippen LogP contribution in [0.4, 0.5) is 0 Å². The van der Waals surface area contributed by atoms with Crippen molar-refractivity contribution in [3.8, 4) is 5.75 Å². The van der Waals surface area contributed by atoms with E-state index in [1.807, 2.05) is 37.6 Å². The molecule has 150 valence electrons. The number of hydrogen-bond donors (Lipinski definition) is 0. The summed E-state index contributed by atoms with van der Waals surface area (Å²) < 4.78 is 12.8. The van der Waals surface area contributed by atoms with Gasteiger partial charge in [-0.1, -0.05) is 12.1 Å². The SMILES string of the molecule is CCOc1ccccc1C(=O)N1CCC[C@@H]1C(=O)OCCn1nc(C)cc1C. The molecule has 1 aliphatic heterocycles. The third kappa shape index (κ3) is 4.35.